The summed E-state index contributed by atoms with van der Waals surface area (Å²) in [5, 5.41) is 0. The predicted molar refractivity (Wildman–Crippen MR) is 48.6 cm³/mol. The van der Waals surface area contributed by atoms with Gasteiger partial charge in [0.25, 0.3) is 0 Å². The van der Waals surface area contributed by atoms with Gasteiger partial charge in [0.15, 0.2) is 0 Å². The van der Waals surface area contributed by atoms with Gasteiger partial charge in [-0.25, -0.2) is 4.79 Å². The minimum absolute atomic E-state index is 0.207. The van der Waals surface area contributed by atoms with Crippen molar-refractivity contribution in [3.8, 4) is 0 Å². The van der Waals surface area contributed by atoms with Crippen molar-refractivity contribution in [3.63, 3.8) is 0 Å². The van der Waals surface area contributed by atoms with Crippen LogP contribution in [0, 0.1) is 0 Å². The number of carbonyl (C=O) groups excluding carboxylic acids is 1. The normalized spacial score (nSPS) is 21.5. The smallest absolute Gasteiger partial charge is 0.409 e. The van der Waals surface area contributed by atoms with Gasteiger partial charge in [0.05, 0.1) is 19.8 Å². The van der Waals surface area contributed by atoms with E-state index in [-0.39, 0.29) is 12.2 Å². The summed E-state index contributed by atoms with van der Waals surface area (Å²) in [6, 6.07) is 0. The number of nitrogens with zero attached hydrogens (tertiary/aromatic N) is 1. The molecule has 1 amide bonds. The van der Waals surface area contributed by atoms with Crippen molar-refractivity contribution in [3.05, 3.63) is 0 Å². The molecule has 76 valence electrons. The zero-order valence-electron chi connectivity index (χ0n) is 8.28. The van der Waals surface area contributed by atoms with Gasteiger partial charge in [-0.1, -0.05) is 0 Å². The third-order valence-corrected chi connectivity index (χ3v) is 2.26. The van der Waals surface area contributed by atoms with E-state index in [4.69, 9.17) is 4.74 Å². The first kappa shape index (κ1) is 10.3. The largest absolute Gasteiger partial charge is 0.453 e. The topological polar surface area (TPSA) is 38.8 Å². The molecule has 0 aliphatic carbocycles. The lowest BCUT2D eigenvalue weighted by Gasteiger charge is -2.22. The lowest BCUT2D eigenvalue weighted by molar-refractivity contribution is 0.0651. The molecule has 1 unspecified atom stereocenters. The Kier molecular flexibility index (Phi) is 4.02. The number of carbonyl (C=O) groups is 1. The molecular formula is C9H17NO3. The van der Waals surface area contributed by atoms with E-state index in [9.17, 15) is 4.79 Å². The van der Waals surface area contributed by atoms with Crippen LogP contribution >= 0.6 is 0 Å². The number of methoxy groups -OCH3 is 1. The molecule has 1 aliphatic heterocycles. The van der Waals surface area contributed by atoms with Crippen molar-refractivity contribution < 1.29 is 14.3 Å². The summed E-state index contributed by atoms with van der Waals surface area (Å²) < 4.78 is 10.1. The van der Waals surface area contributed by atoms with Crippen LogP contribution in [0.1, 0.15) is 19.8 Å². The average molecular weight is 187 g/mol. The van der Waals surface area contributed by atoms with E-state index in [1.54, 1.807) is 4.90 Å². The zero-order chi connectivity index (χ0) is 9.68. The van der Waals surface area contributed by atoms with Crippen LogP contribution in [0.25, 0.3) is 0 Å². The Hall–Kier alpha value is -0.770. The second-order valence-corrected chi connectivity index (χ2v) is 3.14. The average Bonchev–Trinajstić information content (AvgIpc) is 2.65. The molecule has 1 saturated heterocycles. The fourth-order valence-corrected chi connectivity index (χ4v) is 1.50. The zero-order valence-corrected chi connectivity index (χ0v) is 8.28. The molecule has 1 atom stereocenters. The van der Waals surface area contributed by atoms with Crippen LogP contribution in [0.3, 0.4) is 0 Å². The molecule has 1 heterocycles. The van der Waals surface area contributed by atoms with Gasteiger partial charge in [-0.15, -0.1) is 0 Å². The Morgan fingerprint density at radius 1 is 1.69 bits per heavy atom. The third-order valence-electron chi connectivity index (χ3n) is 2.26. The van der Waals surface area contributed by atoms with Gasteiger partial charge in [0.1, 0.15) is 0 Å². The highest BCUT2D eigenvalue weighted by molar-refractivity contribution is 5.67. The second-order valence-electron chi connectivity index (χ2n) is 3.14. The maximum absolute atomic E-state index is 11.2. The molecule has 0 bridgehead atoms. The summed E-state index contributed by atoms with van der Waals surface area (Å²) in [5.41, 5.74) is 0. The molecule has 0 saturated carbocycles. The summed E-state index contributed by atoms with van der Waals surface area (Å²) in [6.07, 6.45) is 2.09. The summed E-state index contributed by atoms with van der Waals surface area (Å²) in [5.74, 6) is 0. The van der Waals surface area contributed by atoms with Crippen molar-refractivity contribution in [2.75, 3.05) is 26.8 Å². The molecule has 0 aromatic carbocycles. The number of likely N-dealkylation sites (N-methyl/N-ethyl adjacent to an activating group) is 1. The summed E-state index contributed by atoms with van der Waals surface area (Å²) >= 11 is 0. The number of amides is 1. The van der Waals surface area contributed by atoms with E-state index in [0.717, 1.165) is 19.4 Å². The first-order valence-corrected chi connectivity index (χ1v) is 4.72. The first-order valence-electron chi connectivity index (χ1n) is 4.72. The SMILES string of the molecule is CCN(CC1CCCO1)C(=O)OC. The first-order chi connectivity index (χ1) is 6.27. The molecular weight excluding hydrogens is 170 g/mol. The minimum Gasteiger partial charge on any atom is -0.453 e. The highest BCUT2D eigenvalue weighted by Crippen LogP contribution is 2.13. The van der Waals surface area contributed by atoms with Crippen molar-refractivity contribution in [1.29, 1.82) is 0 Å². The van der Waals surface area contributed by atoms with E-state index in [1.165, 1.54) is 7.11 Å². The van der Waals surface area contributed by atoms with Gasteiger partial charge < -0.3 is 14.4 Å². The predicted octanol–water partition coefficient (Wildman–Crippen LogP) is 1.25. The Morgan fingerprint density at radius 3 is 2.92 bits per heavy atom. The highest BCUT2D eigenvalue weighted by Gasteiger charge is 2.21. The van der Waals surface area contributed by atoms with Crippen molar-refractivity contribution in [1.82, 2.24) is 4.90 Å². The molecule has 0 radical (unpaired) electrons. The minimum atomic E-state index is -0.266. The summed E-state index contributed by atoms with van der Waals surface area (Å²) in [6.45, 7) is 4.09. The monoisotopic (exact) mass is 187 g/mol. The Labute approximate surface area is 78.8 Å². The molecule has 4 nitrogen and oxygen atoms in total. The summed E-state index contributed by atoms with van der Waals surface area (Å²) in [4.78, 5) is 12.8. The van der Waals surface area contributed by atoms with Crippen LogP contribution < -0.4 is 0 Å². The molecule has 13 heavy (non-hydrogen) atoms. The lowest BCUT2D eigenvalue weighted by atomic mass is 10.2. The Bertz CT molecular complexity index is 166. The van der Waals surface area contributed by atoms with Crippen LogP contribution in [-0.2, 0) is 9.47 Å². The van der Waals surface area contributed by atoms with Crippen LogP contribution in [0.2, 0.25) is 0 Å². The van der Waals surface area contributed by atoms with Crippen LogP contribution in [0.5, 0.6) is 0 Å². The fraction of sp³-hybridized carbons (Fsp3) is 0.889. The van der Waals surface area contributed by atoms with Gasteiger partial charge in [-0.05, 0) is 19.8 Å². The number of ether oxygens (including phenoxy) is 2. The molecule has 1 fully saturated rings. The number of hydrogen-bond acceptors (Lipinski definition) is 3. The van der Waals surface area contributed by atoms with Gasteiger partial charge in [0.2, 0.25) is 0 Å². The van der Waals surface area contributed by atoms with Crippen molar-refractivity contribution in [2.45, 2.75) is 25.9 Å². The van der Waals surface area contributed by atoms with Crippen molar-refractivity contribution in [2.24, 2.45) is 0 Å². The molecule has 0 aromatic heterocycles. The fourth-order valence-electron chi connectivity index (χ4n) is 1.50. The molecule has 0 N–H and O–H groups in total. The summed E-state index contributed by atoms with van der Waals surface area (Å²) in [7, 11) is 1.40. The Balaban J connectivity index is 2.33. The van der Waals surface area contributed by atoms with E-state index >= 15 is 0 Å². The van der Waals surface area contributed by atoms with E-state index < -0.39 is 0 Å². The molecule has 0 spiro atoms. The standard InChI is InChI=1S/C9H17NO3/c1-3-10(9(11)12-2)7-8-5-4-6-13-8/h8H,3-7H2,1-2H3. The van der Waals surface area contributed by atoms with Gasteiger partial charge in [0, 0.05) is 13.2 Å². The molecule has 4 heteroatoms. The van der Waals surface area contributed by atoms with E-state index in [1.807, 2.05) is 6.92 Å². The van der Waals surface area contributed by atoms with E-state index in [0.29, 0.717) is 13.1 Å². The van der Waals surface area contributed by atoms with Gasteiger partial charge in [-0.2, -0.15) is 0 Å². The van der Waals surface area contributed by atoms with E-state index in [2.05, 4.69) is 4.74 Å². The highest BCUT2D eigenvalue weighted by atomic mass is 16.5. The quantitative estimate of drug-likeness (QED) is 0.667. The number of rotatable bonds is 3. The second kappa shape index (κ2) is 5.07. The maximum Gasteiger partial charge on any atom is 0.409 e. The molecule has 0 aromatic rings. The van der Waals surface area contributed by atoms with Gasteiger partial charge in [-0.3, -0.25) is 0 Å². The van der Waals surface area contributed by atoms with Gasteiger partial charge >= 0.3 is 6.09 Å². The molecule has 1 rings (SSSR count). The third kappa shape index (κ3) is 2.88. The van der Waals surface area contributed by atoms with Crippen LogP contribution in [-0.4, -0.2) is 43.9 Å². The number of hydrogen-bond donors (Lipinski definition) is 0. The Morgan fingerprint density at radius 2 is 2.46 bits per heavy atom. The van der Waals surface area contributed by atoms with Crippen molar-refractivity contribution >= 4 is 6.09 Å². The molecule has 1 aliphatic rings. The lowest BCUT2D eigenvalue weighted by Crippen LogP contribution is -2.37. The van der Waals surface area contributed by atoms with Crippen LogP contribution in [0.15, 0.2) is 0 Å². The van der Waals surface area contributed by atoms with Crippen LogP contribution in [0.4, 0.5) is 4.79 Å². The maximum atomic E-state index is 11.2.